The first kappa shape index (κ1) is 17.4. The van der Waals surface area contributed by atoms with Gasteiger partial charge in [0.15, 0.2) is 0 Å². The van der Waals surface area contributed by atoms with E-state index >= 15 is 0 Å². The molecule has 0 saturated carbocycles. The topological polar surface area (TPSA) is 46.2 Å². The number of hydrogen-bond donors (Lipinski definition) is 1. The van der Waals surface area contributed by atoms with E-state index in [0.29, 0.717) is 6.42 Å². The van der Waals surface area contributed by atoms with Gasteiger partial charge in [0, 0.05) is 6.04 Å². The highest BCUT2D eigenvalue weighted by Gasteiger charge is 2.20. The first-order valence-corrected chi connectivity index (χ1v) is 9.81. The van der Waals surface area contributed by atoms with Crippen molar-refractivity contribution < 1.29 is 8.42 Å². The molecule has 0 unspecified atom stereocenters. The zero-order valence-corrected chi connectivity index (χ0v) is 14.9. The molecule has 3 aromatic carbocycles. The van der Waals surface area contributed by atoms with Crippen LogP contribution in [0.5, 0.6) is 0 Å². The van der Waals surface area contributed by atoms with Crippen molar-refractivity contribution in [2.75, 3.05) is 0 Å². The Morgan fingerprint density at radius 1 is 0.760 bits per heavy atom. The quantitative estimate of drug-likeness (QED) is 0.694. The van der Waals surface area contributed by atoms with Gasteiger partial charge in [0.05, 0.1) is 4.90 Å². The second kappa shape index (κ2) is 7.64. The maximum Gasteiger partial charge on any atom is 0.241 e. The van der Waals surface area contributed by atoms with Crippen molar-refractivity contribution >= 4 is 10.0 Å². The summed E-state index contributed by atoms with van der Waals surface area (Å²) >= 11 is 0. The molecule has 0 aliphatic carbocycles. The third-order valence-electron chi connectivity index (χ3n) is 4.18. The van der Waals surface area contributed by atoms with Crippen molar-refractivity contribution in [1.29, 1.82) is 0 Å². The van der Waals surface area contributed by atoms with Crippen molar-refractivity contribution in [3.8, 4) is 11.1 Å². The van der Waals surface area contributed by atoms with Gasteiger partial charge in [-0.05, 0) is 35.2 Å². The Bertz CT molecular complexity index is 905. The normalized spacial score (nSPS) is 12.7. The molecule has 3 nitrogen and oxygen atoms in total. The Morgan fingerprint density at radius 3 is 1.84 bits per heavy atom. The molecule has 0 aliphatic heterocycles. The zero-order valence-electron chi connectivity index (χ0n) is 14.1. The lowest BCUT2D eigenvalue weighted by Gasteiger charge is -2.17. The molecule has 0 saturated heterocycles. The lowest BCUT2D eigenvalue weighted by Crippen LogP contribution is -2.28. The third-order valence-corrected chi connectivity index (χ3v) is 5.67. The van der Waals surface area contributed by atoms with Gasteiger partial charge in [-0.25, -0.2) is 13.1 Å². The molecule has 0 aromatic heterocycles. The molecule has 0 heterocycles. The van der Waals surface area contributed by atoms with Crippen LogP contribution in [0.3, 0.4) is 0 Å². The predicted octanol–water partition coefficient (Wildman–Crippen LogP) is 4.78. The van der Waals surface area contributed by atoms with Crippen molar-refractivity contribution in [1.82, 2.24) is 4.72 Å². The standard InChI is InChI=1S/C21H21NO2S/c1-2-21(19-11-7-4-8-12-19)22-25(23,24)20-15-13-18(14-16-20)17-9-5-3-6-10-17/h3-16,21-22H,2H2,1H3/t21-/m0/s1. The highest BCUT2D eigenvalue weighted by Crippen LogP contribution is 2.23. The van der Waals surface area contributed by atoms with Crippen LogP contribution in [0, 0.1) is 0 Å². The molecule has 4 heteroatoms. The lowest BCUT2D eigenvalue weighted by atomic mass is 10.1. The summed E-state index contributed by atoms with van der Waals surface area (Å²) in [6.45, 7) is 1.97. The van der Waals surface area contributed by atoms with Crippen LogP contribution in [0.2, 0.25) is 0 Å². The molecule has 25 heavy (non-hydrogen) atoms. The van der Waals surface area contributed by atoms with Crippen LogP contribution in [-0.4, -0.2) is 8.42 Å². The van der Waals surface area contributed by atoms with E-state index in [1.807, 2.05) is 79.7 Å². The van der Waals surface area contributed by atoms with Crippen LogP contribution in [-0.2, 0) is 10.0 Å². The van der Waals surface area contributed by atoms with Gasteiger partial charge in [-0.2, -0.15) is 0 Å². The monoisotopic (exact) mass is 351 g/mol. The van der Waals surface area contributed by atoms with E-state index in [1.54, 1.807) is 12.1 Å². The lowest BCUT2D eigenvalue weighted by molar-refractivity contribution is 0.550. The molecule has 0 radical (unpaired) electrons. The van der Waals surface area contributed by atoms with E-state index in [0.717, 1.165) is 16.7 Å². The Balaban J connectivity index is 1.82. The second-order valence-electron chi connectivity index (χ2n) is 5.88. The summed E-state index contributed by atoms with van der Waals surface area (Å²) in [4.78, 5) is 0.279. The summed E-state index contributed by atoms with van der Waals surface area (Å²) in [5, 5.41) is 0. The molecule has 0 fully saturated rings. The predicted molar refractivity (Wildman–Crippen MR) is 102 cm³/mol. The molecular formula is C21H21NO2S. The van der Waals surface area contributed by atoms with Crippen molar-refractivity contribution in [2.45, 2.75) is 24.3 Å². The average molecular weight is 351 g/mol. The van der Waals surface area contributed by atoms with Crippen molar-refractivity contribution in [3.63, 3.8) is 0 Å². The number of benzene rings is 3. The van der Waals surface area contributed by atoms with Gasteiger partial charge >= 0.3 is 0 Å². The van der Waals surface area contributed by atoms with Crippen molar-refractivity contribution in [2.24, 2.45) is 0 Å². The van der Waals surface area contributed by atoms with E-state index in [2.05, 4.69) is 4.72 Å². The molecule has 0 amide bonds. The summed E-state index contributed by atoms with van der Waals surface area (Å²) in [6.07, 6.45) is 0.686. The molecule has 0 spiro atoms. The van der Waals surface area contributed by atoms with Crippen LogP contribution >= 0.6 is 0 Å². The third kappa shape index (κ3) is 4.16. The minimum Gasteiger partial charge on any atom is -0.207 e. The molecule has 0 aliphatic rings. The number of rotatable bonds is 6. The maximum atomic E-state index is 12.7. The number of sulfonamides is 1. The zero-order chi connectivity index (χ0) is 17.7. The summed E-state index contributed by atoms with van der Waals surface area (Å²) in [7, 11) is -3.57. The fourth-order valence-electron chi connectivity index (χ4n) is 2.78. The van der Waals surface area contributed by atoms with Crippen molar-refractivity contribution in [3.05, 3.63) is 90.5 Å². The van der Waals surface area contributed by atoms with Gasteiger partial charge < -0.3 is 0 Å². The van der Waals surface area contributed by atoms with Crippen LogP contribution in [0.1, 0.15) is 24.9 Å². The minimum atomic E-state index is -3.57. The van der Waals surface area contributed by atoms with Gasteiger partial charge in [0.2, 0.25) is 10.0 Å². The number of hydrogen-bond acceptors (Lipinski definition) is 2. The Labute approximate surface area is 149 Å². The van der Waals surface area contributed by atoms with Gasteiger partial charge in [0.1, 0.15) is 0 Å². The highest BCUT2D eigenvalue weighted by molar-refractivity contribution is 7.89. The highest BCUT2D eigenvalue weighted by atomic mass is 32.2. The SMILES string of the molecule is CC[C@H](NS(=O)(=O)c1ccc(-c2ccccc2)cc1)c1ccccc1. The van der Waals surface area contributed by atoms with Crippen LogP contribution in [0.4, 0.5) is 0 Å². The van der Waals surface area contributed by atoms with E-state index in [-0.39, 0.29) is 10.9 Å². The number of nitrogens with one attached hydrogen (secondary N) is 1. The van der Waals surface area contributed by atoms with E-state index in [1.165, 1.54) is 0 Å². The maximum absolute atomic E-state index is 12.7. The first-order chi connectivity index (χ1) is 12.1. The average Bonchev–Trinajstić information content (AvgIpc) is 2.67. The van der Waals surface area contributed by atoms with E-state index in [9.17, 15) is 8.42 Å². The van der Waals surface area contributed by atoms with E-state index in [4.69, 9.17) is 0 Å². The summed E-state index contributed by atoms with van der Waals surface area (Å²) in [5.41, 5.74) is 3.03. The van der Waals surface area contributed by atoms with E-state index < -0.39 is 10.0 Å². The largest absolute Gasteiger partial charge is 0.241 e. The molecule has 0 bridgehead atoms. The molecule has 128 valence electrons. The summed E-state index contributed by atoms with van der Waals surface area (Å²) < 4.78 is 28.2. The van der Waals surface area contributed by atoms with Crippen LogP contribution in [0.25, 0.3) is 11.1 Å². The molecule has 1 atom stereocenters. The molecular weight excluding hydrogens is 330 g/mol. The van der Waals surface area contributed by atoms with Gasteiger partial charge in [-0.1, -0.05) is 79.7 Å². The first-order valence-electron chi connectivity index (χ1n) is 8.33. The van der Waals surface area contributed by atoms with Gasteiger partial charge in [-0.15, -0.1) is 0 Å². The fraction of sp³-hybridized carbons (Fsp3) is 0.143. The summed E-state index contributed by atoms with van der Waals surface area (Å²) in [5.74, 6) is 0. The minimum absolute atomic E-state index is 0.236. The van der Waals surface area contributed by atoms with Gasteiger partial charge in [0.25, 0.3) is 0 Å². The fourth-order valence-corrected chi connectivity index (χ4v) is 4.09. The molecule has 3 aromatic rings. The second-order valence-corrected chi connectivity index (χ2v) is 7.60. The Hall–Kier alpha value is -2.43. The summed E-state index contributed by atoms with van der Waals surface area (Å²) in [6, 6.07) is 26.3. The van der Waals surface area contributed by atoms with Crippen LogP contribution in [0.15, 0.2) is 89.8 Å². The molecule has 3 rings (SSSR count). The Kier molecular flexibility index (Phi) is 5.31. The Morgan fingerprint density at radius 2 is 1.28 bits per heavy atom. The van der Waals surface area contributed by atoms with Gasteiger partial charge in [-0.3, -0.25) is 0 Å². The van der Waals surface area contributed by atoms with Crippen LogP contribution < -0.4 is 4.72 Å². The smallest absolute Gasteiger partial charge is 0.207 e. The molecule has 1 N–H and O–H groups in total.